The molecule has 0 aromatic heterocycles. The lowest BCUT2D eigenvalue weighted by Crippen LogP contribution is -2.59. The highest BCUT2D eigenvalue weighted by Gasteiger charge is 2.49. The van der Waals surface area contributed by atoms with E-state index in [-0.39, 0.29) is 23.6 Å². The number of amides is 3. The van der Waals surface area contributed by atoms with E-state index in [0.717, 1.165) is 38.6 Å². The number of imide groups is 1. The second-order valence-corrected chi connectivity index (χ2v) is 8.48. The van der Waals surface area contributed by atoms with Gasteiger partial charge in [0, 0.05) is 24.9 Å². The predicted octanol–water partition coefficient (Wildman–Crippen LogP) is -0.141. The molecule has 4 N–H and O–H groups in total. The topological polar surface area (TPSA) is 103 Å². The molecule has 6 unspecified atom stereocenters. The Morgan fingerprint density at radius 1 is 1.04 bits per heavy atom. The van der Waals surface area contributed by atoms with E-state index in [9.17, 15) is 14.4 Å². The third kappa shape index (κ3) is 3.75. The molecule has 8 heteroatoms. The van der Waals surface area contributed by atoms with E-state index in [1.54, 1.807) is 4.90 Å². The fourth-order valence-corrected chi connectivity index (χ4v) is 5.46. The van der Waals surface area contributed by atoms with Crippen molar-refractivity contribution in [2.24, 2.45) is 17.8 Å². The van der Waals surface area contributed by atoms with Crippen LogP contribution in [0.4, 0.5) is 0 Å². The minimum atomic E-state index is -0.463. The summed E-state index contributed by atoms with van der Waals surface area (Å²) in [5.41, 5.74) is 6.87. The second kappa shape index (κ2) is 7.85. The van der Waals surface area contributed by atoms with Crippen molar-refractivity contribution in [2.75, 3.05) is 13.1 Å². The quantitative estimate of drug-likeness (QED) is 0.509. The molecule has 4 rings (SSSR count). The van der Waals surface area contributed by atoms with Gasteiger partial charge in [-0.3, -0.25) is 25.1 Å². The van der Waals surface area contributed by atoms with Crippen LogP contribution < -0.4 is 21.5 Å². The third-order valence-corrected chi connectivity index (χ3v) is 6.87. The van der Waals surface area contributed by atoms with E-state index in [1.807, 2.05) is 0 Å². The smallest absolute Gasteiger partial charge is 0.249 e. The summed E-state index contributed by atoms with van der Waals surface area (Å²) in [6, 6.07) is -0.0183. The molecule has 3 saturated heterocycles. The van der Waals surface area contributed by atoms with Gasteiger partial charge in [0.15, 0.2) is 0 Å². The zero-order valence-electron chi connectivity index (χ0n) is 16.0. The fraction of sp³-hybridized carbons (Fsp3) is 0.842. The molecule has 8 nitrogen and oxygen atoms in total. The van der Waals surface area contributed by atoms with Crippen LogP contribution in [0, 0.1) is 17.8 Å². The molecular weight excluding hydrogens is 346 g/mol. The Kier molecular flexibility index (Phi) is 5.48. The lowest BCUT2D eigenvalue weighted by atomic mass is 9.72. The van der Waals surface area contributed by atoms with E-state index in [1.165, 1.54) is 0 Å². The molecule has 1 saturated carbocycles. The van der Waals surface area contributed by atoms with Crippen molar-refractivity contribution >= 4 is 17.7 Å². The summed E-state index contributed by atoms with van der Waals surface area (Å²) >= 11 is 0. The Morgan fingerprint density at radius 2 is 1.89 bits per heavy atom. The molecule has 0 aromatic rings. The number of carbonyl (C=O) groups excluding carboxylic acids is 3. The number of carbonyl (C=O) groups is 3. The zero-order valence-corrected chi connectivity index (χ0v) is 16.0. The summed E-state index contributed by atoms with van der Waals surface area (Å²) in [5, 5.41) is 5.80. The van der Waals surface area contributed by atoms with Gasteiger partial charge in [-0.05, 0) is 56.9 Å². The fourth-order valence-electron chi connectivity index (χ4n) is 5.46. The highest BCUT2D eigenvalue weighted by Crippen LogP contribution is 2.42. The van der Waals surface area contributed by atoms with Gasteiger partial charge in [-0.2, -0.15) is 0 Å². The number of rotatable bonds is 4. The largest absolute Gasteiger partial charge is 0.330 e. The van der Waals surface area contributed by atoms with Gasteiger partial charge in [-0.1, -0.05) is 6.92 Å². The molecule has 0 bridgehead atoms. The van der Waals surface area contributed by atoms with Crippen LogP contribution >= 0.6 is 0 Å². The van der Waals surface area contributed by atoms with Crippen LogP contribution in [0.15, 0.2) is 0 Å². The van der Waals surface area contributed by atoms with Crippen LogP contribution in [-0.2, 0) is 14.4 Å². The van der Waals surface area contributed by atoms with Gasteiger partial charge in [0.1, 0.15) is 6.04 Å². The second-order valence-electron chi connectivity index (χ2n) is 8.48. The van der Waals surface area contributed by atoms with Crippen molar-refractivity contribution in [2.45, 2.75) is 70.1 Å². The van der Waals surface area contributed by atoms with Gasteiger partial charge in [-0.15, -0.1) is 0 Å². The van der Waals surface area contributed by atoms with Gasteiger partial charge in [0.05, 0.1) is 6.17 Å². The van der Waals surface area contributed by atoms with Gasteiger partial charge in [0.25, 0.3) is 0 Å². The lowest BCUT2D eigenvalue weighted by Gasteiger charge is -2.40. The molecular formula is C19H31N5O3. The highest BCUT2D eigenvalue weighted by atomic mass is 16.2. The standard InChI is InChI=1S/C19H31N5O3/c1-2-20-16-7-5-14(22-23-16)11-3-4-13-12(9-11)10-24(19(13)27)15-6-8-17(25)21-18(15)26/h11-16,20,22-23H,2-10H2,1H3,(H,21,25,26). The van der Waals surface area contributed by atoms with Crippen LogP contribution in [0.2, 0.25) is 0 Å². The molecule has 150 valence electrons. The van der Waals surface area contributed by atoms with E-state index < -0.39 is 6.04 Å². The van der Waals surface area contributed by atoms with Crippen LogP contribution in [0.1, 0.15) is 51.9 Å². The Balaban J connectivity index is 1.35. The first-order valence-electron chi connectivity index (χ1n) is 10.5. The number of hydrazine groups is 1. The summed E-state index contributed by atoms with van der Waals surface area (Å²) < 4.78 is 0. The molecule has 6 atom stereocenters. The molecule has 4 fully saturated rings. The van der Waals surface area contributed by atoms with Crippen molar-refractivity contribution in [1.29, 1.82) is 0 Å². The third-order valence-electron chi connectivity index (χ3n) is 6.87. The first-order valence-corrected chi connectivity index (χ1v) is 10.5. The summed E-state index contributed by atoms with van der Waals surface area (Å²) in [4.78, 5) is 38.2. The maximum absolute atomic E-state index is 12.9. The number of likely N-dealkylation sites (tertiary alicyclic amines) is 1. The maximum atomic E-state index is 12.9. The molecule has 1 aliphatic carbocycles. The highest BCUT2D eigenvalue weighted by molar-refractivity contribution is 6.02. The number of nitrogens with zero attached hydrogens (tertiary/aromatic N) is 1. The van der Waals surface area contributed by atoms with E-state index in [0.29, 0.717) is 43.4 Å². The zero-order chi connectivity index (χ0) is 19.0. The van der Waals surface area contributed by atoms with Gasteiger partial charge >= 0.3 is 0 Å². The SMILES string of the molecule is CCNC1CCC(C2CCC3C(=O)N(C4CCC(=O)NC4=O)CC3C2)NN1. The average Bonchev–Trinajstić information content (AvgIpc) is 2.98. The normalized spacial score (nSPS) is 40.0. The summed E-state index contributed by atoms with van der Waals surface area (Å²) in [7, 11) is 0. The van der Waals surface area contributed by atoms with E-state index in [4.69, 9.17) is 0 Å². The molecule has 0 spiro atoms. The van der Waals surface area contributed by atoms with Crippen LogP contribution in [-0.4, -0.2) is 54.0 Å². The van der Waals surface area contributed by atoms with E-state index >= 15 is 0 Å². The summed E-state index contributed by atoms with van der Waals surface area (Å²) in [5.74, 6) is 0.535. The Morgan fingerprint density at radius 3 is 2.59 bits per heavy atom. The van der Waals surface area contributed by atoms with Crippen LogP contribution in [0.25, 0.3) is 0 Å². The van der Waals surface area contributed by atoms with Crippen molar-refractivity contribution in [3.63, 3.8) is 0 Å². The Hall–Kier alpha value is -1.51. The number of piperidine rings is 1. The van der Waals surface area contributed by atoms with Crippen LogP contribution in [0.5, 0.6) is 0 Å². The van der Waals surface area contributed by atoms with Crippen molar-refractivity contribution in [3.8, 4) is 0 Å². The first kappa shape index (κ1) is 18.8. The first-order chi connectivity index (χ1) is 13.1. The summed E-state index contributed by atoms with van der Waals surface area (Å²) in [6.07, 6.45) is 6.36. The molecule has 0 radical (unpaired) electrons. The monoisotopic (exact) mass is 377 g/mol. The number of fused-ring (bicyclic) bond motifs is 1. The number of hydrogen-bond donors (Lipinski definition) is 4. The van der Waals surface area contributed by atoms with Gasteiger partial charge in [-0.25, -0.2) is 5.43 Å². The predicted molar refractivity (Wildman–Crippen MR) is 99.0 cm³/mol. The molecule has 3 amide bonds. The minimum absolute atomic E-state index is 0.0535. The molecule has 3 heterocycles. The summed E-state index contributed by atoms with van der Waals surface area (Å²) in [6.45, 7) is 3.72. The molecule has 0 aromatic carbocycles. The Labute approximate surface area is 160 Å². The molecule has 27 heavy (non-hydrogen) atoms. The number of nitrogens with one attached hydrogen (secondary N) is 4. The van der Waals surface area contributed by atoms with E-state index in [2.05, 4.69) is 28.4 Å². The van der Waals surface area contributed by atoms with Gasteiger partial charge < -0.3 is 10.2 Å². The van der Waals surface area contributed by atoms with Gasteiger partial charge in [0.2, 0.25) is 17.7 Å². The molecule has 4 aliphatic rings. The Bertz CT molecular complexity index is 604. The van der Waals surface area contributed by atoms with Crippen molar-refractivity contribution in [3.05, 3.63) is 0 Å². The molecule has 3 aliphatic heterocycles. The van der Waals surface area contributed by atoms with Crippen molar-refractivity contribution < 1.29 is 14.4 Å². The maximum Gasteiger partial charge on any atom is 0.249 e. The van der Waals surface area contributed by atoms with Crippen molar-refractivity contribution in [1.82, 2.24) is 26.4 Å². The number of hydrogen-bond acceptors (Lipinski definition) is 6. The lowest BCUT2D eigenvalue weighted by molar-refractivity contribution is -0.144. The average molecular weight is 377 g/mol. The minimum Gasteiger partial charge on any atom is -0.330 e. The van der Waals surface area contributed by atoms with Crippen LogP contribution in [0.3, 0.4) is 0 Å².